The number of amides is 2. The topological polar surface area (TPSA) is 67.2 Å². The fourth-order valence-corrected chi connectivity index (χ4v) is 5.19. The first-order chi connectivity index (χ1) is 11.6. The van der Waals surface area contributed by atoms with Gasteiger partial charge in [-0.1, -0.05) is 27.7 Å². The summed E-state index contributed by atoms with van der Waals surface area (Å²) >= 11 is 1.91. The maximum absolute atomic E-state index is 12.2. The van der Waals surface area contributed by atoms with E-state index in [9.17, 15) is 4.79 Å². The predicted octanol–water partition coefficient (Wildman–Crippen LogP) is 5.46. The minimum Gasteiger partial charge on any atom is -0.399 e. The Bertz CT molecular complexity index is 797. The minimum absolute atomic E-state index is 0.0786. The van der Waals surface area contributed by atoms with Crippen LogP contribution < -0.4 is 16.4 Å². The number of benzene rings is 2. The van der Waals surface area contributed by atoms with Gasteiger partial charge < -0.3 is 16.4 Å². The number of nitrogens with two attached hydrogens (primary N) is 1. The summed E-state index contributed by atoms with van der Waals surface area (Å²) in [5, 5.41) is 5.74. The highest BCUT2D eigenvalue weighted by Gasteiger charge is 2.38. The van der Waals surface area contributed by atoms with Gasteiger partial charge in [-0.2, -0.15) is 0 Å². The normalized spacial score (nSPS) is 17.4. The van der Waals surface area contributed by atoms with Crippen LogP contribution in [0.2, 0.25) is 0 Å². The van der Waals surface area contributed by atoms with Gasteiger partial charge in [0.2, 0.25) is 0 Å². The molecule has 0 bridgehead atoms. The monoisotopic (exact) mass is 355 g/mol. The summed E-state index contributed by atoms with van der Waals surface area (Å²) in [6.45, 7) is 9.11. The molecule has 0 atom stereocenters. The number of nitrogens with one attached hydrogen (secondary N) is 2. The zero-order valence-corrected chi connectivity index (χ0v) is 16.0. The largest absolute Gasteiger partial charge is 0.399 e. The predicted molar refractivity (Wildman–Crippen MR) is 108 cm³/mol. The van der Waals surface area contributed by atoms with Gasteiger partial charge in [0.25, 0.3) is 0 Å². The van der Waals surface area contributed by atoms with E-state index in [2.05, 4.69) is 50.5 Å². The van der Waals surface area contributed by atoms with Crippen LogP contribution in [0.15, 0.2) is 47.4 Å². The van der Waals surface area contributed by atoms with E-state index in [1.807, 2.05) is 17.8 Å². The van der Waals surface area contributed by atoms with Crippen LogP contribution in [0.4, 0.5) is 21.9 Å². The van der Waals surface area contributed by atoms with Crippen LogP contribution in [-0.2, 0) is 5.41 Å². The van der Waals surface area contributed by atoms with Crippen molar-refractivity contribution in [2.24, 2.45) is 0 Å². The Labute approximate surface area is 153 Å². The highest BCUT2D eigenvalue weighted by atomic mass is 32.2. The molecule has 132 valence electrons. The molecular weight excluding hydrogens is 330 g/mol. The average molecular weight is 356 g/mol. The molecular formula is C20H25N3OS. The fraction of sp³-hybridized carbons (Fsp3) is 0.350. The van der Waals surface area contributed by atoms with Gasteiger partial charge in [0.15, 0.2) is 0 Å². The number of thioether (sulfide) groups is 1. The van der Waals surface area contributed by atoms with Crippen LogP contribution >= 0.6 is 11.8 Å². The summed E-state index contributed by atoms with van der Waals surface area (Å²) in [5.41, 5.74) is 9.22. The van der Waals surface area contributed by atoms with E-state index in [-0.39, 0.29) is 16.2 Å². The summed E-state index contributed by atoms with van der Waals surface area (Å²) in [6.07, 6.45) is 1.10. The van der Waals surface area contributed by atoms with Crippen LogP contribution in [0.3, 0.4) is 0 Å². The Kier molecular flexibility index (Phi) is 4.45. The number of hydrogen-bond donors (Lipinski definition) is 3. The molecule has 0 aromatic heterocycles. The maximum atomic E-state index is 12.2. The van der Waals surface area contributed by atoms with Gasteiger partial charge in [0.05, 0.1) is 0 Å². The van der Waals surface area contributed by atoms with E-state index in [4.69, 9.17) is 5.73 Å². The smallest absolute Gasteiger partial charge is 0.323 e. The third-order valence-electron chi connectivity index (χ3n) is 4.39. The first kappa shape index (κ1) is 17.7. The first-order valence-corrected chi connectivity index (χ1v) is 9.23. The Morgan fingerprint density at radius 3 is 2.28 bits per heavy atom. The van der Waals surface area contributed by atoms with Crippen molar-refractivity contribution in [2.75, 3.05) is 16.4 Å². The summed E-state index contributed by atoms with van der Waals surface area (Å²) in [4.78, 5) is 13.5. The highest BCUT2D eigenvalue weighted by molar-refractivity contribution is 8.00. The summed E-state index contributed by atoms with van der Waals surface area (Å²) in [5.74, 6) is 0. The van der Waals surface area contributed by atoms with E-state index in [0.29, 0.717) is 11.4 Å². The third-order valence-corrected chi connectivity index (χ3v) is 5.66. The van der Waals surface area contributed by atoms with E-state index < -0.39 is 0 Å². The van der Waals surface area contributed by atoms with Crippen molar-refractivity contribution in [3.8, 4) is 0 Å². The van der Waals surface area contributed by atoms with Gasteiger partial charge in [-0.05, 0) is 59.9 Å². The molecule has 2 aromatic rings. The van der Waals surface area contributed by atoms with Crippen molar-refractivity contribution in [1.82, 2.24) is 0 Å². The fourth-order valence-electron chi connectivity index (χ4n) is 3.58. The number of urea groups is 1. The van der Waals surface area contributed by atoms with Gasteiger partial charge in [0, 0.05) is 26.7 Å². The van der Waals surface area contributed by atoms with E-state index in [1.165, 1.54) is 10.5 Å². The molecule has 0 saturated heterocycles. The van der Waals surface area contributed by atoms with Gasteiger partial charge in [-0.3, -0.25) is 0 Å². The molecule has 0 aliphatic carbocycles. The third kappa shape index (κ3) is 4.10. The van der Waals surface area contributed by atoms with Crippen molar-refractivity contribution >= 4 is 34.9 Å². The molecule has 2 aromatic carbocycles. The van der Waals surface area contributed by atoms with Crippen molar-refractivity contribution < 1.29 is 4.79 Å². The quantitative estimate of drug-likeness (QED) is 0.626. The van der Waals surface area contributed by atoms with E-state index >= 15 is 0 Å². The van der Waals surface area contributed by atoms with Gasteiger partial charge in [-0.15, -0.1) is 11.8 Å². The molecule has 1 aliphatic rings. The number of rotatable bonds is 2. The SMILES string of the molecule is CC1(C)CC(C)(C)c2cc(NC(=O)Nc3ccc(N)cc3)ccc2S1. The van der Waals surface area contributed by atoms with E-state index in [0.717, 1.165) is 12.1 Å². The Morgan fingerprint density at radius 2 is 1.60 bits per heavy atom. The lowest BCUT2D eigenvalue weighted by molar-refractivity contribution is 0.262. The number of nitrogen functional groups attached to an aromatic ring is 1. The molecule has 4 N–H and O–H groups in total. The van der Waals surface area contributed by atoms with Crippen LogP contribution in [0.5, 0.6) is 0 Å². The second kappa shape index (κ2) is 6.30. The van der Waals surface area contributed by atoms with Crippen molar-refractivity contribution in [3.05, 3.63) is 48.0 Å². The molecule has 1 heterocycles. The molecule has 1 aliphatic heterocycles. The van der Waals surface area contributed by atoms with Crippen LogP contribution in [0.1, 0.15) is 39.7 Å². The molecule has 0 unspecified atom stereocenters. The summed E-state index contributed by atoms with van der Waals surface area (Å²) in [6, 6.07) is 13.0. The number of carbonyl (C=O) groups is 1. The second-order valence-corrected chi connectivity index (χ2v) is 9.58. The molecule has 0 fully saturated rings. The van der Waals surface area contributed by atoms with Gasteiger partial charge in [0.1, 0.15) is 0 Å². The highest BCUT2D eigenvalue weighted by Crippen LogP contribution is 2.51. The van der Waals surface area contributed by atoms with Gasteiger partial charge in [-0.25, -0.2) is 4.79 Å². The lowest BCUT2D eigenvalue weighted by Gasteiger charge is -2.41. The van der Waals surface area contributed by atoms with Crippen molar-refractivity contribution in [3.63, 3.8) is 0 Å². The lowest BCUT2D eigenvalue weighted by atomic mass is 9.77. The zero-order chi connectivity index (χ0) is 18.2. The standard InChI is InChI=1S/C20H25N3OS/c1-19(2)12-20(3,4)25-17-10-9-15(11-16(17)19)23-18(24)22-14-7-5-13(21)6-8-14/h5-11H,12,21H2,1-4H3,(H2,22,23,24). The average Bonchev–Trinajstić information content (AvgIpc) is 2.48. The lowest BCUT2D eigenvalue weighted by Crippen LogP contribution is -2.33. The second-order valence-electron chi connectivity index (χ2n) is 7.83. The van der Waals surface area contributed by atoms with Gasteiger partial charge >= 0.3 is 6.03 Å². The molecule has 0 spiro atoms. The molecule has 0 saturated carbocycles. The van der Waals surface area contributed by atoms with Crippen molar-refractivity contribution in [2.45, 2.75) is 49.2 Å². The summed E-state index contributed by atoms with van der Waals surface area (Å²) in [7, 11) is 0. The number of carbonyl (C=O) groups excluding carboxylic acids is 1. The van der Waals surface area contributed by atoms with Crippen LogP contribution in [-0.4, -0.2) is 10.8 Å². The van der Waals surface area contributed by atoms with Crippen LogP contribution in [0, 0.1) is 0 Å². The Balaban J connectivity index is 1.76. The number of fused-ring (bicyclic) bond motifs is 1. The minimum atomic E-state index is -0.258. The maximum Gasteiger partial charge on any atom is 0.323 e. The molecule has 0 radical (unpaired) electrons. The van der Waals surface area contributed by atoms with Crippen molar-refractivity contribution in [1.29, 1.82) is 0 Å². The van der Waals surface area contributed by atoms with E-state index in [1.54, 1.807) is 24.3 Å². The van der Waals surface area contributed by atoms with Crippen LogP contribution in [0.25, 0.3) is 0 Å². The zero-order valence-electron chi connectivity index (χ0n) is 15.1. The summed E-state index contributed by atoms with van der Waals surface area (Å²) < 4.78 is 0.220. The molecule has 3 rings (SSSR count). The number of anilines is 3. The Hall–Kier alpha value is -2.14. The number of hydrogen-bond acceptors (Lipinski definition) is 3. The molecule has 2 amide bonds. The molecule has 25 heavy (non-hydrogen) atoms. The molecule has 4 nitrogen and oxygen atoms in total. The molecule has 5 heteroatoms. The Morgan fingerprint density at radius 1 is 1.00 bits per heavy atom. The first-order valence-electron chi connectivity index (χ1n) is 8.42.